The van der Waals surface area contributed by atoms with Crippen LogP contribution in [0, 0.1) is 5.92 Å². The largest absolute Gasteiger partial charge is 0.342 e. The van der Waals surface area contributed by atoms with Gasteiger partial charge in [-0.05, 0) is 37.0 Å². The number of carbonyl (C=O) groups is 1. The van der Waals surface area contributed by atoms with Gasteiger partial charge < -0.3 is 9.78 Å². The Morgan fingerprint density at radius 3 is 2.83 bits per heavy atom. The van der Waals surface area contributed by atoms with Crippen LogP contribution >= 0.6 is 0 Å². The highest BCUT2D eigenvalue weighted by Crippen LogP contribution is 2.16. The van der Waals surface area contributed by atoms with Crippen molar-refractivity contribution in [3.63, 3.8) is 0 Å². The fourth-order valence-electron chi connectivity index (χ4n) is 2.07. The molecule has 2 aromatic rings. The Bertz CT molecular complexity index is 555. The lowest BCUT2D eigenvalue weighted by atomic mass is 10.1. The minimum atomic E-state index is 0.236. The van der Waals surface area contributed by atoms with E-state index in [1.165, 1.54) is 5.56 Å². The van der Waals surface area contributed by atoms with Crippen molar-refractivity contribution in [2.24, 2.45) is 5.92 Å². The molecule has 0 unspecified atom stereocenters. The first-order chi connectivity index (χ1) is 8.54. The fourth-order valence-corrected chi connectivity index (χ4v) is 2.07. The standard InChI is InChI=1S/C15H20N2O/c1-10(2)8-15-16-13-7-6-12(5-4-11(3)18)9-14(13)17-15/h6-7,9-10H,4-5,8H2,1-3H3,(H,16,17). The summed E-state index contributed by atoms with van der Waals surface area (Å²) in [5.41, 5.74) is 3.28. The van der Waals surface area contributed by atoms with E-state index in [0.717, 1.165) is 29.7 Å². The van der Waals surface area contributed by atoms with Crippen molar-refractivity contribution in [2.75, 3.05) is 0 Å². The Kier molecular flexibility index (Phi) is 3.80. The molecule has 18 heavy (non-hydrogen) atoms. The predicted octanol–water partition coefficient (Wildman–Crippen LogP) is 3.28. The molecular weight excluding hydrogens is 224 g/mol. The van der Waals surface area contributed by atoms with Crippen LogP contribution in [0.1, 0.15) is 38.6 Å². The number of Topliss-reactive ketones (excluding diaryl/α,β-unsaturated/α-hetero) is 1. The molecule has 0 saturated heterocycles. The summed E-state index contributed by atoms with van der Waals surface area (Å²) in [6.07, 6.45) is 2.39. The number of nitrogens with one attached hydrogen (secondary N) is 1. The average Bonchev–Trinajstić information content (AvgIpc) is 2.66. The van der Waals surface area contributed by atoms with Gasteiger partial charge in [-0.2, -0.15) is 0 Å². The van der Waals surface area contributed by atoms with Crippen LogP contribution in [0.5, 0.6) is 0 Å². The number of aromatic nitrogens is 2. The van der Waals surface area contributed by atoms with Crippen molar-refractivity contribution in [2.45, 2.75) is 40.0 Å². The van der Waals surface area contributed by atoms with Gasteiger partial charge in [0.05, 0.1) is 11.0 Å². The van der Waals surface area contributed by atoms with E-state index in [0.29, 0.717) is 12.3 Å². The summed E-state index contributed by atoms with van der Waals surface area (Å²) in [6.45, 7) is 6.01. The summed E-state index contributed by atoms with van der Waals surface area (Å²) in [5.74, 6) is 1.88. The number of fused-ring (bicyclic) bond motifs is 1. The molecule has 3 heteroatoms. The maximum absolute atomic E-state index is 11.0. The lowest BCUT2D eigenvalue weighted by Crippen LogP contribution is -1.95. The molecule has 3 nitrogen and oxygen atoms in total. The third kappa shape index (κ3) is 3.19. The topological polar surface area (TPSA) is 45.8 Å². The van der Waals surface area contributed by atoms with Gasteiger partial charge in [0.1, 0.15) is 11.6 Å². The molecule has 0 aliphatic carbocycles. The first kappa shape index (κ1) is 12.8. The summed E-state index contributed by atoms with van der Waals surface area (Å²) in [5, 5.41) is 0. The van der Waals surface area contributed by atoms with Crippen molar-refractivity contribution in [1.29, 1.82) is 0 Å². The van der Waals surface area contributed by atoms with Crippen LogP contribution < -0.4 is 0 Å². The highest BCUT2D eigenvalue weighted by molar-refractivity contribution is 5.77. The molecule has 0 aliphatic rings. The second-order valence-electron chi connectivity index (χ2n) is 5.33. The highest BCUT2D eigenvalue weighted by atomic mass is 16.1. The van der Waals surface area contributed by atoms with Crippen LogP contribution in [0.3, 0.4) is 0 Å². The minimum Gasteiger partial charge on any atom is -0.342 e. The van der Waals surface area contributed by atoms with Crippen molar-refractivity contribution < 1.29 is 4.79 Å². The first-order valence-electron chi connectivity index (χ1n) is 6.51. The van der Waals surface area contributed by atoms with Gasteiger partial charge in [-0.15, -0.1) is 0 Å². The number of benzene rings is 1. The molecule has 1 aromatic carbocycles. The number of H-pyrrole nitrogens is 1. The van der Waals surface area contributed by atoms with Gasteiger partial charge in [0.25, 0.3) is 0 Å². The molecule has 96 valence electrons. The number of ketones is 1. The number of nitrogens with zero attached hydrogens (tertiary/aromatic N) is 1. The lowest BCUT2D eigenvalue weighted by molar-refractivity contribution is -0.116. The van der Waals surface area contributed by atoms with E-state index in [1.54, 1.807) is 6.92 Å². The normalized spacial score (nSPS) is 11.3. The Hall–Kier alpha value is -1.64. The summed E-state index contributed by atoms with van der Waals surface area (Å²) in [4.78, 5) is 18.9. The van der Waals surface area contributed by atoms with Gasteiger partial charge in [-0.25, -0.2) is 4.98 Å². The average molecular weight is 244 g/mol. The Morgan fingerprint density at radius 1 is 1.39 bits per heavy atom. The van der Waals surface area contributed by atoms with Crippen LogP contribution in [0.4, 0.5) is 0 Å². The molecule has 0 aliphatic heterocycles. The van der Waals surface area contributed by atoms with Crippen molar-refractivity contribution in [3.05, 3.63) is 29.6 Å². The van der Waals surface area contributed by atoms with E-state index in [-0.39, 0.29) is 5.78 Å². The molecule has 1 N–H and O–H groups in total. The lowest BCUT2D eigenvalue weighted by Gasteiger charge is -1.99. The van der Waals surface area contributed by atoms with Crippen molar-refractivity contribution >= 4 is 16.8 Å². The summed E-state index contributed by atoms with van der Waals surface area (Å²) >= 11 is 0. The zero-order valence-corrected chi connectivity index (χ0v) is 11.3. The molecule has 1 heterocycles. The molecule has 0 spiro atoms. The predicted molar refractivity (Wildman–Crippen MR) is 73.6 cm³/mol. The SMILES string of the molecule is CC(=O)CCc1ccc2nc(CC(C)C)[nH]c2c1. The molecule has 0 bridgehead atoms. The number of hydrogen-bond donors (Lipinski definition) is 1. The van der Waals surface area contributed by atoms with Gasteiger partial charge in [0.2, 0.25) is 0 Å². The minimum absolute atomic E-state index is 0.236. The Balaban J connectivity index is 2.19. The molecule has 1 aromatic heterocycles. The number of hydrogen-bond acceptors (Lipinski definition) is 2. The van der Waals surface area contributed by atoms with Crippen LogP contribution in [-0.4, -0.2) is 15.8 Å². The maximum atomic E-state index is 11.0. The van der Waals surface area contributed by atoms with Gasteiger partial charge in [0.15, 0.2) is 0 Å². The monoisotopic (exact) mass is 244 g/mol. The quantitative estimate of drug-likeness (QED) is 0.877. The van der Waals surface area contributed by atoms with E-state index < -0.39 is 0 Å². The number of aryl methyl sites for hydroxylation is 1. The fraction of sp³-hybridized carbons (Fsp3) is 0.467. The third-order valence-electron chi connectivity index (χ3n) is 2.96. The van der Waals surface area contributed by atoms with Crippen molar-refractivity contribution in [1.82, 2.24) is 9.97 Å². The van der Waals surface area contributed by atoms with E-state index in [2.05, 4.69) is 35.9 Å². The second-order valence-corrected chi connectivity index (χ2v) is 5.33. The van der Waals surface area contributed by atoms with Crippen LogP contribution in [0.25, 0.3) is 11.0 Å². The molecule has 2 rings (SSSR count). The maximum Gasteiger partial charge on any atom is 0.130 e. The highest BCUT2D eigenvalue weighted by Gasteiger charge is 2.06. The van der Waals surface area contributed by atoms with Gasteiger partial charge >= 0.3 is 0 Å². The molecule has 0 saturated carbocycles. The Morgan fingerprint density at radius 2 is 2.17 bits per heavy atom. The van der Waals surface area contributed by atoms with E-state index in [9.17, 15) is 4.79 Å². The van der Waals surface area contributed by atoms with E-state index in [1.807, 2.05) is 6.07 Å². The van der Waals surface area contributed by atoms with Gasteiger partial charge in [-0.1, -0.05) is 19.9 Å². The summed E-state index contributed by atoms with van der Waals surface area (Å²) < 4.78 is 0. The first-order valence-corrected chi connectivity index (χ1v) is 6.51. The van der Waals surface area contributed by atoms with E-state index >= 15 is 0 Å². The molecule has 0 radical (unpaired) electrons. The number of imidazole rings is 1. The van der Waals surface area contributed by atoms with E-state index in [4.69, 9.17) is 0 Å². The molecular formula is C15H20N2O. The van der Waals surface area contributed by atoms with Crippen LogP contribution in [0.15, 0.2) is 18.2 Å². The molecule has 0 fully saturated rings. The number of carbonyl (C=O) groups excluding carboxylic acids is 1. The second kappa shape index (κ2) is 5.34. The Labute approximate surface area is 108 Å². The van der Waals surface area contributed by atoms with Gasteiger partial charge in [-0.3, -0.25) is 0 Å². The summed E-state index contributed by atoms with van der Waals surface area (Å²) in [6, 6.07) is 6.20. The number of aromatic amines is 1. The molecule has 0 atom stereocenters. The van der Waals surface area contributed by atoms with Crippen LogP contribution in [-0.2, 0) is 17.6 Å². The summed E-state index contributed by atoms with van der Waals surface area (Å²) in [7, 11) is 0. The van der Waals surface area contributed by atoms with Crippen LogP contribution in [0.2, 0.25) is 0 Å². The third-order valence-corrected chi connectivity index (χ3v) is 2.96. The van der Waals surface area contributed by atoms with Crippen molar-refractivity contribution in [3.8, 4) is 0 Å². The smallest absolute Gasteiger partial charge is 0.130 e. The molecule has 0 amide bonds. The zero-order valence-electron chi connectivity index (χ0n) is 11.3. The number of rotatable bonds is 5. The zero-order chi connectivity index (χ0) is 13.1. The van der Waals surface area contributed by atoms with Gasteiger partial charge in [0, 0.05) is 12.8 Å².